The molecule has 0 saturated carbocycles. The molecule has 2 aromatic rings. The van der Waals surface area contributed by atoms with Crippen molar-refractivity contribution in [2.45, 2.75) is 0 Å². The fourth-order valence-electron chi connectivity index (χ4n) is 1.47. The van der Waals surface area contributed by atoms with E-state index in [0.717, 1.165) is 0 Å². The minimum atomic E-state index is -0.927. The predicted octanol–water partition coefficient (Wildman–Crippen LogP) is 2.82. The number of halogens is 2. The van der Waals surface area contributed by atoms with Crippen molar-refractivity contribution in [2.24, 2.45) is 0 Å². The van der Waals surface area contributed by atoms with Gasteiger partial charge in [-0.25, -0.2) is 0 Å². The summed E-state index contributed by atoms with van der Waals surface area (Å²) >= 11 is 11.7. The Labute approximate surface area is 136 Å². The molecular weight excluding hydrogens is 329 g/mol. The van der Waals surface area contributed by atoms with Crippen LogP contribution in [0.2, 0.25) is 10.0 Å². The number of carbonyl (C=O) groups is 2. The third-order valence-corrected chi connectivity index (χ3v) is 3.09. The Bertz CT molecular complexity index is 714. The number of carbonyl (C=O) groups excluding carboxylic acids is 2. The largest absolute Gasteiger partial charge is 0.463 e. The van der Waals surface area contributed by atoms with Crippen LogP contribution < -0.4 is 16.2 Å². The van der Waals surface area contributed by atoms with E-state index in [2.05, 4.69) is 22.7 Å². The Morgan fingerprint density at radius 3 is 2.55 bits per heavy atom. The SMILES string of the molecule is C=C(NNC(=O)C(=O)Nc1cc(Cl)ccc1Cl)c1ccco1. The maximum Gasteiger partial charge on any atom is 0.327 e. The van der Waals surface area contributed by atoms with Crippen molar-refractivity contribution in [1.29, 1.82) is 0 Å². The Balaban J connectivity index is 1.91. The highest BCUT2D eigenvalue weighted by molar-refractivity contribution is 6.42. The van der Waals surface area contributed by atoms with Crippen molar-refractivity contribution in [1.82, 2.24) is 10.9 Å². The summed E-state index contributed by atoms with van der Waals surface area (Å²) in [4.78, 5) is 23.4. The summed E-state index contributed by atoms with van der Waals surface area (Å²) in [5, 5.41) is 2.99. The number of benzene rings is 1. The van der Waals surface area contributed by atoms with E-state index in [1.807, 2.05) is 0 Å². The third kappa shape index (κ3) is 4.03. The molecule has 3 N–H and O–H groups in total. The molecule has 0 aliphatic carbocycles. The maximum atomic E-state index is 11.8. The molecule has 1 aromatic heterocycles. The van der Waals surface area contributed by atoms with Crippen LogP contribution in [0.25, 0.3) is 5.70 Å². The highest BCUT2D eigenvalue weighted by Crippen LogP contribution is 2.25. The van der Waals surface area contributed by atoms with Crippen LogP contribution in [-0.4, -0.2) is 11.8 Å². The van der Waals surface area contributed by atoms with Gasteiger partial charge in [0.25, 0.3) is 0 Å². The minimum absolute atomic E-state index is 0.235. The van der Waals surface area contributed by atoms with E-state index in [4.69, 9.17) is 27.6 Å². The van der Waals surface area contributed by atoms with Crippen molar-refractivity contribution in [3.63, 3.8) is 0 Å². The number of furan rings is 1. The predicted molar refractivity (Wildman–Crippen MR) is 84.1 cm³/mol. The van der Waals surface area contributed by atoms with Crippen LogP contribution in [0, 0.1) is 0 Å². The highest BCUT2D eigenvalue weighted by Gasteiger charge is 2.15. The number of hydrazine groups is 1. The lowest BCUT2D eigenvalue weighted by molar-refractivity contribution is -0.136. The van der Waals surface area contributed by atoms with Crippen LogP contribution in [0.4, 0.5) is 5.69 Å². The third-order valence-electron chi connectivity index (χ3n) is 2.53. The van der Waals surface area contributed by atoms with Crippen LogP contribution in [0.15, 0.2) is 47.6 Å². The van der Waals surface area contributed by atoms with Gasteiger partial charge in [0.15, 0.2) is 5.76 Å². The summed E-state index contributed by atoms with van der Waals surface area (Å²) in [6.45, 7) is 3.65. The first-order valence-corrected chi connectivity index (χ1v) is 6.78. The molecule has 1 heterocycles. The molecule has 0 aliphatic heterocycles. The molecule has 8 heteroatoms. The lowest BCUT2D eigenvalue weighted by Gasteiger charge is -2.10. The second-order valence-electron chi connectivity index (χ2n) is 4.11. The van der Waals surface area contributed by atoms with Gasteiger partial charge in [-0.05, 0) is 30.3 Å². The molecule has 0 spiro atoms. The average Bonchev–Trinajstić information content (AvgIpc) is 3.02. The van der Waals surface area contributed by atoms with Gasteiger partial charge >= 0.3 is 11.8 Å². The number of hydrogen-bond donors (Lipinski definition) is 3. The van der Waals surface area contributed by atoms with Gasteiger partial charge in [0.05, 0.1) is 22.7 Å². The number of anilines is 1. The molecule has 0 atom stereocenters. The van der Waals surface area contributed by atoms with Gasteiger partial charge in [-0.2, -0.15) is 0 Å². The van der Waals surface area contributed by atoms with Gasteiger partial charge in [-0.15, -0.1) is 0 Å². The molecule has 2 amide bonds. The normalized spacial score (nSPS) is 9.91. The minimum Gasteiger partial charge on any atom is -0.463 e. The van der Waals surface area contributed by atoms with E-state index in [0.29, 0.717) is 16.5 Å². The van der Waals surface area contributed by atoms with Crippen molar-refractivity contribution in [3.05, 3.63) is 59.0 Å². The number of hydrogen-bond acceptors (Lipinski definition) is 4. The van der Waals surface area contributed by atoms with Crippen molar-refractivity contribution in [2.75, 3.05) is 5.32 Å². The van der Waals surface area contributed by atoms with Crippen LogP contribution in [0.3, 0.4) is 0 Å². The topological polar surface area (TPSA) is 83.4 Å². The van der Waals surface area contributed by atoms with Crippen LogP contribution in [0.1, 0.15) is 5.76 Å². The van der Waals surface area contributed by atoms with Gasteiger partial charge in [-0.3, -0.25) is 20.4 Å². The fourth-order valence-corrected chi connectivity index (χ4v) is 1.81. The molecule has 0 bridgehead atoms. The fraction of sp³-hybridized carbons (Fsp3) is 0. The summed E-state index contributed by atoms with van der Waals surface area (Å²) in [5.41, 5.74) is 5.19. The molecule has 0 saturated heterocycles. The molecule has 114 valence electrons. The number of nitrogens with one attached hydrogen (secondary N) is 3. The van der Waals surface area contributed by atoms with Gasteiger partial charge < -0.3 is 9.73 Å². The zero-order valence-corrected chi connectivity index (χ0v) is 12.7. The Morgan fingerprint density at radius 1 is 1.09 bits per heavy atom. The standard InChI is InChI=1S/C14H11Cl2N3O3/c1-8(12-3-2-6-22-12)18-19-14(21)13(20)17-11-7-9(15)4-5-10(11)16/h2-7,18H,1H2,(H,17,20)(H,19,21). The Hall–Kier alpha value is -2.44. The summed E-state index contributed by atoms with van der Waals surface area (Å²) in [6.07, 6.45) is 1.46. The Morgan fingerprint density at radius 2 is 1.86 bits per heavy atom. The Kier molecular flexibility index (Phi) is 5.08. The highest BCUT2D eigenvalue weighted by atomic mass is 35.5. The van der Waals surface area contributed by atoms with E-state index in [1.165, 1.54) is 18.4 Å². The lowest BCUT2D eigenvalue weighted by atomic mass is 10.3. The number of amides is 2. The second-order valence-corrected chi connectivity index (χ2v) is 4.96. The van der Waals surface area contributed by atoms with Crippen molar-refractivity contribution >= 4 is 46.4 Å². The molecule has 0 unspecified atom stereocenters. The van der Waals surface area contributed by atoms with Gasteiger partial charge in [0.1, 0.15) is 0 Å². The van der Waals surface area contributed by atoms with Crippen LogP contribution in [-0.2, 0) is 9.59 Å². The molecule has 22 heavy (non-hydrogen) atoms. The molecular formula is C14H11Cl2N3O3. The maximum absolute atomic E-state index is 11.8. The number of rotatable bonds is 4. The quantitative estimate of drug-likeness (QED) is 0.590. The van der Waals surface area contributed by atoms with Crippen molar-refractivity contribution < 1.29 is 14.0 Å². The lowest BCUT2D eigenvalue weighted by Crippen LogP contribution is -2.42. The molecule has 0 fully saturated rings. The molecule has 2 rings (SSSR count). The zero-order chi connectivity index (χ0) is 16.1. The van der Waals surface area contributed by atoms with Gasteiger partial charge in [0.2, 0.25) is 0 Å². The van der Waals surface area contributed by atoms with Crippen LogP contribution in [0.5, 0.6) is 0 Å². The second kappa shape index (κ2) is 7.02. The molecule has 1 aromatic carbocycles. The van der Waals surface area contributed by atoms with E-state index in [9.17, 15) is 9.59 Å². The zero-order valence-electron chi connectivity index (χ0n) is 11.2. The van der Waals surface area contributed by atoms with Gasteiger partial charge in [-0.1, -0.05) is 29.8 Å². The van der Waals surface area contributed by atoms with Crippen LogP contribution >= 0.6 is 23.2 Å². The smallest absolute Gasteiger partial charge is 0.327 e. The van der Waals surface area contributed by atoms with Gasteiger partial charge in [0, 0.05) is 5.02 Å². The van der Waals surface area contributed by atoms with E-state index in [-0.39, 0.29) is 10.7 Å². The summed E-state index contributed by atoms with van der Waals surface area (Å²) in [5.74, 6) is -1.41. The average molecular weight is 340 g/mol. The monoisotopic (exact) mass is 339 g/mol. The van der Waals surface area contributed by atoms with Crippen molar-refractivity contribution in [3.8, 4) is 0 Å². The first-order valence-electron chi connectivity index (χ1n) is 6.02. The first-order chi connectivity index (χ1) is 10.5. The molecule has 6 nitrogen and oxygen atoms in total. The van der Waals surface area contributed by atoms with E-state index >= 15 is 0 Å². The van der Waals surface area contributed by atoms with E-state index < -0.39 is 11.8 Å². The first kappa shape index (κ1) is 15.9. The summed E-state index contributed by atoms with van der Waals surface area (Å²) in [6, 6.07) is 7.82. The summed E-state index contributed by atoms with van der Waals surface area (Å²) < 4.78 is 5.07. The molecule has 0 aliphatic rings. The molecule has 0 radical (unpaired) electrons. The summed E-state index contributed by atoms with van der Waals surface area (Å²) in [7, 11) is 0. The van der Waals surface area contributed by atoms with E-state index in [1.54, 1.807) is 18.2 Å².